The van der Waals surface area contributed by atoms with Crippen molar-refractivity contribution < 1.29 is 19.2 Å². The van der Waals surface area contributed by atoms with Gasteiger partial charge in [-0.25, -0.2) is 4.98 Å². The van der Waals surface area contributed by atoms with Crippen LogP contribution in [0.3, 0.4) is 0 Å². The van der Waals surface area contributed by atoms with Crippen molar-refractivity contribution in [2.45, 2.75) is 6.61 Å². The second kappa shape index (κ2) is 7.94. The first kappa shape index (κ1) is 17.2. The lowest BCUT2D eigenvalue weighted by Crippen LogP contribution is -2.24. The Kier molecular flexibility index (Phi) is 5.70. The first-order valence-electron chi connectivity index (χ1n) is 6.64. The molecule has 0 aliphatic carbocycles. The Morgan fingerprint density at radius 2 is 2.29 bits per heavy atom. The van der Waals surface area contributed by atoms with Gasteiger partial charge in [0, 0.05) is 11.4 Å². The van der Waals surface area contributed by atoms with Crippen LogP contribution in [0, 0.1) is 22.5 Å². The molecule has 1 N–H and O–H groups in total. The lowest BCUT2D eigenvalue weighted by Gasteiger charge is -2.12. The molecule has 0 bridgehead atoms. The third-order valence-electron chi connectivity index (χ3n) is 2.93. The van der Waals surface area contributed by atoms with Crippen LogP contribution in [-0.2, 0) is 6.61 Å². The van der Waals surface area contributed by atoms with E-state index in [4.69, 9.17) is 15.9 Å². The standard InChI is InChI=1S/C15H13N3O5S/c1-3-4-16-15(19)11-5-13(22-2)14(6-12(11)18(20)21)23-7-10-8-24-9-17-10/h1,5-6,8-9H,4,7H2,2H3,(H,16,19). The number of aromatic nitrogens is 1. The van der Waals surface area contributed by atoms with E-state index in [0.29, 0.717) is 5.69 Å². The Labute approximate surface area is 141 Å². The van der Waals surface area contributed by atoms with Gasteiger partial charge in [-0.3, -0.25) is 14.9 Å². The number of carbonyl (C=O) groups excluding carboxylic acids is 1. The first-order valence-corrected chi connectivity index (χ1v) is 7.59. The highest BCUT2D eigenvalue weighted by molar-refractivity contribution is 7.07. The summed E-state index contributed by atoms with van der Waals surface area (Å²) in [5, 5.41) is 15.4. The van der Waals surface area contributed by atoms with Crippen LogP contribution in [0.25, 0.3) is 0 Å². The van der Waals surface area contributed by atoms with E-state index in [2.05, 4.69) is 16.2 Å². The van der Waals surface area contributed by atoms with Crippen LogP contribution in [0.2, 0.25) is 0 Å². The number of hydrogen-bond donors (Lipinski definition) is 1. The summed E-state index contributed by atoms with van der Waals surface area (Å²) in [4.78, 5) is 26.7. The number of nitrogens with one attached hydrogen (secondary N) is 1. The summed E-state index contributed by atoms with van der Waals surface area (Å²) in [7, 11) is 1.37. The fourth-order valence-electron chi connectivity index (χ4n) is 1.84. The molecule has 2 rings (SSSR count). The van der Waals surface area contributed by atoms with Gasteiger partial charge in [-0.15, -0.1) is 17.8 Å². The molecule has 24 heavy (non-hydrogen) atoms. The molecule has 1 aromatic carbocycles. The summed E-state index contributed by atoms with van der Waals surface area (Å²) < 4.78 is 10.7. The monoisotopic (exact) mass is 347 g/mol. The molecule has 0 saturated heterocycles. The van der Waals surface area contributed by atoms with Crippen molar-refractivity contribution >= 4 is 22.9 Å². The number of nitro benzene ring substituents is 1. The summed E-state index contributed by atoms with van der Waals surface area (Å²) in [6, 6.07) is 2.40. The van der Waals surface area contributed by atoms with Gasteiger partial charge in [0.25, 0.3) is 11.6 Å². The van der Waals surface area contributed by atoms with E-state index in [1.165, 1.54) is 24.5 Å². The quantitative estimate of drug-likeness (QED) is 0.467. The predicted molar refractivity (Wildman–Crippen MR) is 87.3 cm³/mol. The predicted octanol–water partition coefficient (Wildman–Crippen LogP) is 2.00. The van der Waals surface area contributed by atoms with Gasteiger partial charge in [0.15, 0.2) is 11.5 Å². The highest BCUT2D eigenvalue weighted by atomic mass is 32.1. The highest BCUT2D eigenvalue weighted by Gasteiger charge is 2.24. The average molecular weight is 347 g/mol. The van der Waals surface area contributed by atoms with Crippen LogP contribution >= 0.6 is 11.3 Å². The molecule has 1 aromatic heterocycles. The first-order chi connectivity index (χ1) is 11.6. The molecular formula is C15H13N3O5S. The minimum absolute atomic E-state index is 0.0413. The molecule has 0 atom stereocenters. The minimum Gasteiger partial charge on any atom is -0.493 e. The van der Waals surface area contributed by atoms with Crippen molar-refractivity contribution in [1.29, 1.82) is 0 Å². The number of amides is 1. The third kappa shape index (κ3) is 3.99. The Bertz CT molecular complexity index is 783. The highest BCUT2D eigenvalue weighted by Crippen LogP contribution is 2.35. The molecule has 124 valence electrons. The van der Waals surface area contributed by atoms with Gasteiger partial charge in [-0.1, -0.05) is 5.92 Å². The zero-order chi connectivity index (χ0) is 17.5. The van der Waals surface area contributed by atoms with Gasteiger partial charge in [0.2, 0.25) is 0 Å². The van der Waals surface area contributed by atoms with Crippen LogP contribution in [0.1, 0.15) is 16.1 Å². The molecule has 0 aliphatic rings. The summed E-state index contributed by atoms with van der Waals surface area (Å²) >= 11 is 1.41. The maximum atomic E-state index is 12.0. The van der Waals surface area contributed by atoms with Gasteiger partial charge in [-0.05, 0) is 0 Å². The van der Waals surface area contributed by atoms with Crippen LogP contribution in [-0.4, -0.2) is 29.5 Å². The van der Waals surface area contributed by atoms with Crippen molar-refractivity contribution in [2.75, 3.05) is 13.7 Å². The second-order valence-corrected chi connectivity index (χ2v) is 5.15. The number of nitrogens with zero attached hydrogens (tertiary/aromatic N) is 2. The van der Waals surface area contributed by atoms with Crippen LogP contribution in [0.15, 0.2) is 23.0 Å². The Hall–Kier alpha value is -3.12. The SMILES string of the molecule is C#CCNC(=O)c1cc(OC)c(OCc2cscn2)cc1[N+](=O)[O-]. The lowest BCUT2D eigenvalue weighted by molar-refractivity contribution is -0.385. The number of ether oxygens (including phenoxy) is 2. The number of hydrogen-bond acceptors (Lipinski definition) is 7. The Morgan fingerprint density at radius 3 is 2.88 bits per heavy atom. The molecule has 0 unspecified atom stereocenters. The molecule has 1 amide bonds. The molecule has 0 spiro atoms. The van der Waals surface area contributed by atoms with Gasteiger partial charge in [0.1, 0.15) is 12.2 Å². The topological polar surface area (TPSA) is 104 Å². The average Bonchev–Trinajstić information content (AvgIpc) is 3.10. The molecule has 1 heterocycles. The second-order valence-electron chi connectivity index (χ2n) is 4.43. The lowest BCUT2D eigenvalue weighted by atomic mass is 10.1. The maximum Gasteiger partial charge on any atom is 0.286 e. The van der Waals surface area contributed by atoms with Gasteiger partial charge >= 0.3 is 0 Å². The fraction of sp³-hybridized carbons (Fsp3) is 0.200. The van der Waals surface area contributed by atoms with Gasteiger partial charge in [-0.2, -0.15) is 0 Å². The van der Waals surface area contributed by atoms with Crippen molar-refractivity contribution in [3.8, 4) is 23.8 Å². The third-order valence-corrected chi connectivity index (χ3v) is 3.57. The molecular weight excluding hydrogens is 334 g/mol. The summed E-state index contributed by atoms with van der Waals surface area (Å²) in [6.07, 6.45) is 5.07. The van der Waals surface area contributed by atoms with E-state index in [0.717, 1.165) is 6.07 Å². The molecule has 2 aromatic rings. The van der Waals surface area contributed by atoms with Crippen molar-refractivity contribution in [3.63, 3.8) is 0 Å². The zero-order valence-electron chi connectivity index (χ0n) is 12.6. The number of thiazole rings is 1. The summed E-state index contributed by atoms with van der Waals surface area (Å²) in [5.74, 6) is 1.91. The zero-order valence-corrected chi connectivity index (χ0v) is 13.5. The van der Waals surface area contributed by atoms with E-state index in [-0.39, 0.29) is 30.2 Å². The molecule has 0 fully saturated rings. The number of benzene rings is 1. The van der Waals surface area contributed by atoms with Gasteiger partial charge < -0.3 is 14.8 Å². The smallest absolute Gasteiger partial charge is 0.286 e. The normalized spacial score (nSPS) is 9.83. The van der Waals surface area contributed by atoms with Crippen LogP contribution < -0.4 is 14.8 Å². The van der Waals surface area contributed by atoms with Crippen LogP contribution in [0.4, 0.5) is 5.69 Å². The van der Waals surface area contributed by atoms with E-state index >= 15 is 0 Å². The van der Waals surface area contributed by atoms with E-state index in [9.17, 15) is 14.9 Å². The summed E-state index contributed by atoms with van der Waals surface area (Å²) in [5.41, 5.74) is 1.77. The molecule has 0 radical (unpaired) electrons. The Balaban J connectivity index is 2.34. The van der Waals surface area contributed by atoms with Crippen LogP contribution in [0.5, 0.6) is 11.5 Å². The molecule has 0 aliphatic heterocycles. The number of methoxy groups -OCH3 is 1. The number of nitro groups is 1. The van der Waals surface area contributed by atoms with Crippen molar-refractivity contribution in [1.82, 2.24) is 10.3 Å². The molecule has 9 heteroatoms. The maximum absolute atomic E-state index is 12.0. The largest absolute Gasteiger partial charge is 0.493 e. The van der Waals surface area contributed by atoms with Crippen molar-refractivity contribution in [3.05, 3.63) is 44.4 Å². The van der Waals surface area contributed by atoms with E-state index in [1.807, 2.05) is 0 Å². The van der Waals surface area contributed by atoms with Crippen molar-refractivity contribution in [2.24, 2.45) is 0 Å². The van der Waals surface area contributed by atoms with E-state index < -0.39 is 16.5 Å². The minimum atomic E-state index is -0.667. The Morgan fingerprint density at radius 1 is 1.50 bits per heavy atom. The molecule has 8 nitrogen and oxygen atoms in total. The fourth-order valence-corrected chi connectivity index (χ4v) is 2.38. The number of carbonyl (C=O) groups is 1. The summed E-state index contributed by atoms with van der Waals surface area (Å²) in [6.45, 7) is 0.0834. The van der Waals surface area contributed by atoms with E-state index in [1.54, 1.807) is 10.9 Å². The van der Waals surface area contributed by atoms with Gasteiger partial charge in [0.05, 0.1) is 35.8 Å². The number of terminal acetylenes is 1. The molecule has 0 saturated carbocycles. The number of rotatable bonds is 7.